The van der Waals surface area contributed by atoms with E-state index in [9.17, 15) is 19.5 Å². The quantitative estimate of drug-likeness (QED) is 0.0211. The van der Waals surface area contributed by atoms with Crippen LogP contribution in [0.15, 0.2) is 24.3 Å². The lowest BCUT2D eigenvalue weighted by Gasteiger charge is -2.25. The summed E-state index contributed by atoms with van der Waals surface area (Å²) in [4.78, 5) is 37.4. The maximum atomic E-state index is 12.9. The zero-order valence-corrected chi connectivity index (χ0v) is 48.4. The highest BCUT2D eigenvalue weighted by Crippen LogP contribution is 2.18. The van der Waals surface area contributed by atoms with E-state index in [1.54, 1.807) is 0 Å². The SMILES string of the molecule is CCCCCCC/C=C\C/C=C\CCCCCCCCCCCCCCCCCCCCCCCC(=O)OC(COC(=O)CCCCCCCCCCCCCCCC)COC(OCC[N+](C)(C)C)C(=O)O. The van der Waals surface area contributed by atoms with E-state index in [-0.39, 0.29) is 38.2 Å². The average Bonchev–Trinajstić information content (AvgIpc) is 3.35. The fourth-order valence-electron chi connectivity index (χ4n) is 9.16. The molecular weight excluding hydrogens is 899 g/mol. The predicted octanol–water partition coefficient (Wildman–Crippen LogP) is 18.3. The molecule has 0 amide bonds. The van der Waals surface area contributed by atoms with Gasteiger partial charge in [-0.1, -0.05) is 269 Å². The third kappa shape index (κ3) is 55.5. The van der Waals surface area contributed by atoms with Crippen LogP contribution in [0.25, 0.3) is 0 Å². The molecule has 0 aliphatic carbocycles. The number of ether oxygens (including phenoxy) is 4. The number of esters is 2. The fraction of sp³-hybridized carbons (Fsp3) is 0.889. The summed E-state index contributed by atoms with van der Waals surface area (Å²) in [6.45, 7) is 4.91. The van der Waals surface area contributed by atoms with Gasteiger partial charge in [-0.2, -0.15) is 0 Å². The van der Waals surface area contributed by atoms with Crippen molar-refractivity contribution in [3.63, 3.8) is 0 Å². The van der Waals surface area contributed by atoms with Crippen molar-refractivity contribution in [1.82, 2.24) is 0 Å². The topological polar surface area (TPSA) is 108 Å². The van der Waals surface area contributed by atoms with E-state index in [1.807, 2.05) is 21.1 Å². The highest BCUT2D eigenvalue weighted by Gasteiger charge is 2.25. The Bertz CT molecular complexity index is 1230. The number of allylic oxidation sites excluding steroid dienone is 4. The average molecular weight is 1020 g/mol. The van der Waals surface area contributed by atoms with Crippen LogP contribution >= 0.6 is 0 Å². The predicted molar refractivity (Wildman–Crippen MR) is 304 cm³/mol. The number of carbonyl (C=O) groups is 3. The maximum absolute atomic E-state index is 12.9. The van der Waals surface area contributed by atoms with Crippen molar-refractivity contribution in [2.45, 2.75) is 315 Å². The number of carboxylic acids is 1. The van der Waals surface area contributed by atoms with Crippen LogP contribution in [0, 0.1) is 0 Å². The number of nitrogens with zero attached hydrogens (tertiary/aromatic N) is 1. The lowest BCUT2D eigenvalue weighted by atomic mass is 10.0. The Morgan fingerprint density at radius 3 is 1.10 bits per heavy atom. The first kappa shape index (κ1) is 69.8. The van der Waals surface area contributed by atoms with E-state index in [0.717, 1.165) is 44.9 Å². The third-order valence-corrected chi connectivity index (χ3v) is 14.0. The first-order valence-corrected chi connectivity index (χ1v) is 31.0. The number of likely N-dealkylation sites (N-methyl/N-ethyl adjacent to an activating group) is 1. The van der Waals surface area contributed by atoms with Crippen LogP contribution in [0.4, 0.5) is 0 Å². The van der Waals surface area contributed by atoms with Crippen LogP contribution in [0.2, 0.25) is 0 Å². The number of hydrogen-bond acceptors (Lipinski definition) is 7. The van der Waals surface area contributed by atoms with Gasteiger partial charge in [0.1, 0.15) is 13.2 Å². The second-order valence-electron chi connectivity index (χ2n) is 22.4. The second kappa shape index (κ2) is 55.0. The van der Waals surface area contributed by atoms with Gasteiger partial charge in [0.15, 0.2) is 6.10 Å². The lowest BCUT2D eigenvalue weighted by Crippen LogP contribution is -2.40. The minimum Gasteiger partial charge on any atom is -0.477 e. The van der Waals surface area contributed by atoms with Crippen molar-refractivity contribution < 1.29 is 42.9 Å². The minimum atomic E-state index is -1.50. The molecule has 72 heavy (non-hydrogen) atoms. The van der Waals surface area contributed by atoms with E-state index in [4.69, 9.17) is 18.9 Å². The van der Waals surface area contributed by atoms with Gasteiger partial charge in [-0.3, -0.25) is 9.59 Å². The van der Waals surface area contributed by atoms with Gasteiger partial charge in [-0.15, -0.1) is 0 Å². The molecule has 424 valence electrons. The Balaban J connectivity index is 4.03. The molecule has 9 nitrogen and oxygen atoms in total. The molecule has 9 heteroatoms. The molecule has 0 aliphatic rings. The summed E-state index contributed by atoms with van der Waals surface area (Å²) >= 11 is 0. The molecule has 0 radical (unpaired) electrons. The van der Waals surface area contributed by atoms with Crippen molar-refractivity contribution in [2.24, 2.45) is 0 Å². The Kier molecular flexibility index (Phi) is 53.3. The molecule has 0 aliphatic heterocycles. The standard InChI is InChI=1S/C63H119NO8/c1-6-8-10-12-14-16-18-20-22-23-24-25-26-27-28-29-30-31-32-33-34-35-36-37-38-39-40-42-44-46-48-50-52-54-61(66)72-59(58-71-63(62(67)68)69-56-55-64(3,4)5)57-70-60(65)53-51-49-47-45-43-41-21-19-17-15-13-11-9-7-2/h18,20,23-24,59,63H,6-17,19,21-22,25-58H2,1-5H3/p+1/b20-18-,24-23-. The van der Waals surface area contributed by atoms with Crippen molar-refractivity contribution >= 4 is 17.9 Å². The number of carboxylic acid groups (broad SMARTS) is 1. The second-order valence-corrected chi connectivity index (χ2v) is 22.4. The number of hydrogen-bond donors (Lipinski definition) is 1. The highest BCUT2D eigenvalue weighted by atomic mass is 16.7. The number of quaternary nitrogens is 1. The van der Waals surface area contributed by atoms with Gasteiger partial charge in [0.2, 0.25) is 0 Å². The molecule has 2 atom stereocenters. The van der Waals surface area contributed by atoms with Gasteiger partial charge >= 0.3 is 17.9 Å². The number of carbonyl (C=O) groups excluding carboxylic acids is 2. The zero-order valence-electron chi connectivity index (χ0n) is 48.4. The van der Waals surface area contributed by atoms with Gasteiger partial charge in [-0.25, -0.2) is 4.79 Å². The van der Waals surface area contributed by atoms with Crippen LogP contribution in [0.1, 0.15) is 303 Å². The molecule has 0 saturated heterocycles. The van der Waals surface area contributed by atoms with Crippen molar-refractivity contribution in [1.29, 1.82) is 0 Å². The summed E-state index contributed by atoms with van der Waals surface area (Å²) in [5.41, 5.74) is 0. The molecule has 2 unspecified atom stereocenters. The summed E-state index contributed by atoms with van der Waals surface area (Å²) in [6, 6.07) is 0. The van der Waals surface area contributed by atoms with E-state index in [1.165, 1.54) is 231 Å². The summed E-state index contributed by atoms with van der Waals surface area (Å²) < 4.78 is 22.9. The Morgan fingerprint density at radius 1 is 0.417 bits per heavy atom. The van der Waals surface area contributed by atoms with Crippen molar-refractivity contribution in [3.05, 3.63) is 24.3 Å². The first-order chi connectivity index (χ1) is 35.1. The molecule has 0 rings (SSSR count). The third-order valence-electron chi connectivity index (χ3n) is 14.0. The summed E-state index contributed by atoms with van der Waals surface area (Å²) in [7, 11) is 5.98. The first-order valence-electron chi connectivity index (χ1n) is 31.0. The normalized spacial score (nSPS) is 12.8. The van der Waals surface area contributed by atoms with Gasteiger partial charge in [-0.05, 0) is 44.9 Å². The highest BCUT2D eigenvalue weighted by molar-refractivity contribution is 5.71. The molecule has 0 saturated carbocycles. The van der Waals surface area contributed by atoms with Crippen molar-refractivity contribution in [3.8, 4) is 0 Å². The summed E-state index contributed by atoms with van der Waals surface area (Å²) in [6.07, 6.45) is 62.8. The van der Waals surface area contributed by atoms with Gasteiger partial charge in [0.05, 0.1) is 34.4 Å². The van der Waals surface area contributed by atoms with Crippen molar-refractivity contribution in [2.75, 3.05) is 47.5 Å². The largest absolute Gasteiger partial charge is 0.477 e. The summed E-state index contributed by atoms with van der Waals surface area (Å²) in [5.74, 6) is -1.98. The smallest absolute Gasteiger partial charge is 0.361 e. The molecule has 0 heterocycles. The summed E-state index contributed by atoms with van der Waals surface area (Å²) in [5, 5.41) is 9.70. The van der Waals surface area contributed by atoms with Gasteiger partial charge in [0.25, 0.3) is 6.29 Å². The molecule has 1 N–H and O–H groups in total. The van der Waals surface area contributed by atoms with Crippen LogP contribution in [-0.4, -0.2) is 87.4 Å². The van der Waals surface area contributed by atoms with Gasteiger partial charge in [0, 0.05) is 12.8 Å². The number of rotatable bonds is 58. The number of unbranched alkanes of at least 4 members (excludes halogenated alkanes) is 39. The molecule has 0 aromatic rings. The van der Waals surface area contributed by atoms with E-state index in [0.29, 0.717) is 17.4 Å². The van der Waals surface area contributed by atoms with Gasteiger partial charge < -0.3 is 28.5 Å². The molecule has 0 aromatic carbocycles. The molecule has 0 spiro atoms. The van der Waals surface area contributed by atoms with E-state index in [2.05, 4.69) is 38.2 Å². The maximum Gasteiger partial charge on any atom is 0.361 e. The molecule has 0 bridgehead atoms. The minimum absolute atomic E-state index is 0.175. The van der Waals surface area contributed by atoms with Crippen LogP contribution in [-0.2, 0) is 33.3 Å². The Labute approximate surface area is 446 Å². The number of aliphatic carboxylic acids is 1. The lowest BCUT2D eigenvalue weighted by molar-refractivity contribution is -0.870. The van der Waals surface area contributed by atoms with Crippen LogP contribution in [0.3, 0.4) is 0 Å². The van der Waals surface area contributed by atoms with E-state index >= 15 is 0 Å². The molecule has 0 aromatic heterocycles. The zero-order chi connectivity index (χ0) is 52.7. The fourth-order valence-corrected chi connectivity index (χ4v) is 9.16. The van der Waals surface area contributed by atoms with Crippen LogP contribution < -0.4 is 0 Å². The van der Waals surface area contributed by atoms with E-state index < -0.39 is 18.4 Å². The Morgan fingerprint density at radius 2 is 0.750 bits per heavy atom. The Hall–Kier alpha value is -2.23. The molecular formula is C63H120NO8+. The monoisotopic (exact) mass is 1020 g/mol. The molecule has 0 fully saturated rings. The van der Waals surface area contributed by atoms with Crippen LogP contribution in [0.5, 0.6) is 0 Å².